The van der Waals surface area contributed by atoms with Crippen LogP contribution in [0.15, 0.2) is 88.4 Å². The maximum Gasteiger partial charge on any atom is 0.244 e. The Morgan fingerprint density at radius 2 is 1.82 bits per heavy atom. The number of ether oxygens (including phenoxy) is 2. The van der Waals surface area contributed by atoms with Gasteiger partial charge in [-0.25, -0.2) is 9.82 Å². The molecule has 4 rings (SSSR count). The molecular formula is C27H22BrFN2O3. The van der Waals surface area contributed by atoms with Crippen LogP contribution in [0.3, 0.4) is 0 Å². The van der Waals surface area contributed by atoms with Gasteiger partial charge in [-0.1, -0.05) is 54.6 Å². The third-order valence-electron chi connectivity index (χ3n) is 5.18. The summed E-state index contributed by atoms with van der Waals surface area (Å²) in [6.07, 6.45) is 1.62. The number of amides is 1. The van der Waals surface area contributed by atoms with Crippen molar-refractivity contribution >= 4 is 38.8 Å². The van der Waals surface area contributed by atoms with E-state index in [1.165, 1.54) is 18.3 Å². The molecule has 4 aromatic rings. The number of carbonyl (C=O) groups excluding carboxylic acids is 1. The Morgan fingerprint density at radius 3 is 2.62 bits per heavy atom. The Hall–Kier alpha value is -3.71. The predicted molar refractivity (Wildman–Crippen MR) is 135 cm³/mol. The number of rotatable bonds is 8. The van der Waals surface area contributed by atoms with Gasteiger partial charge in [-0.2, -0.15) is 5.10 Å². The van der Waals surface area contributed by atoms with Gasteiger partial charge in [-0.3, -0.25) is 4.79 Å². The summed E-state index contributed by atoms with van der Waals surface area (Å²) in [4.78, 5) is 12.1. The predicted octanol–water partition coefficient (Wildman–Crippen LogP) is 6.02. The number of nitrogens with zero attached hydrogens (tertiary/aromatic N) is 1. The minimum absolute atomic E-state index is 0.103. The number of hydrogen-bond acceptors (Lipinski definition) is 4. The number of methoxy groups -OCH3 is 1. The van der Waals surface area contributed by atoms with Gasteiger partial charge in [0.05, 0.1) is 24.2 Å². The zero-order valence-corrected chi connectivity index (χ0v) is 20.0. The van der Waals surface area contributed by atoms with Gasteiger partial charge in [0.25, 0.3) is 0 Å². The number of carbonyl (C=O) groups is 1. The van der Waals surface area contributed by atoms with Crippen molar-refractivity contribution in [3.05, 3.63) is 106 Å². The Bertz CT molecular complexity index is 1330. The molecule has 0 aliphatic heterocycles. The molecule has 0 bridgehead atoms. The fourth-order valence-electron chi connectivity index (χ4n) is 3.53. The van der Waals surface area contributed by atoms with Gasteiger partial charge < -0.3 is 9.47 Å². The summed E-state index contributed by atoms with van der Waals surface area (Å²) in [5.74, 6) is 0.469. The van der Waals surface area contributed by atoms with Crippen molar-refractivity contribution in [1.29, 1.82) is 0 Å². The van der Waals surface area contributed by atoms with Gasteiger partial charge in [0, 0.05) is 0 Å². The second-order valence-electron chi connectivity index (χ2n) is 7.56. The van der Waals surface area contributed by atoms with Crippen molar-refractivity contribution in [3.63, 3.8) is 0 Å². The Morgan fingerprint density at radius 1 is 1.06 bits per heavy atom. The number of nitrogens with one attached hydrogen (secondary N) is 1. The smallest absolute Gasteiger partial charge is 0.244 e. The van der Waals surface area contributed by atoms with E-state index in [0.29, 0.717) is 33.7 Å². The third kappa shape index (κ3) is 5.80. The molecule has 0 aromatic heterocycles. The molecule has 1 amide bonds. The van der Waals surface area contributed by atoms with Crippen molar-refractivity contribution in [3.8, 4) is 11.5 Å². The average Bonchev–Trinajstić information content (AvgIpc) is 2.84. The molecule has 0 radical (unpaired) electrons. The van der Waals surface area contributed by atoms with Gasteiger partial charge in [0.1, 0.15) is 12.4 Å². The highest BCUT2D eigenvalue weighted by Gasteiger charge is 2.12. The lowest BCUT2D eigenvalue weighted by atomic mass is 10.1. The van der Waals surface area contributed by atoms with E-state index in [9.17, 15) is 9.18 Å². The molecule has 0 spiro atoms. The SMILES string of the molecule is COc1cc(/C=N\NC(=O)Cc2ccc(F)cc2)cc(Br)c1OCc1cccc2ccccc12. The lowest BCUT2D eigenvalue weighted by Gasteiger charge is -2.14. The van der Waals surface area contributed by atoms with E-state index in [0.717, 1.165) is 16.3 Å². The minimum Gasteiger partial charge on any atom is -0.493 e. The summed E-state index contributed by atoms with van der Waals surface area (Å²) in [5, 5.41) is 6.31. The van der Waals surface area contributed by atoms with E-state index in [1.54, 1.807) is 25.3 Å². The van der Waals surface area contributed by atoms with E-state index in [2.05, 4.69) is 44.7 Å². The van der Waals surface area contributed by atoms with Crippen LogP contribution in [0.4, 0.5) is 4.39 Å². The number of halogens is 2. The van der Waals surface area contributed by atoms with Crippen LogP contribution in [0.2, 0.25) is 0 Å². The van der Waals surface area contributed by atoms with Crippen LogP contribution in [-0.2, 0) is 17.8 Å². The van der Waals surface area contributed by atoms with Crippen LogP contribution in [-0.4, -0.2) is 19.2 Å². The molecule has 0 fully saturated rings. The maximum absolute atomic E-state index is 13.0. The molecular weight excluding hydrogens is 499 g/mol. The van der Waals surface area contributed by atoms with Gasteiger partial charge in [0.15, 0.2) is 11.5 Å². The quantitative estimate of drug-likeness (QED) is 0.228. The molecule has 0 aliphatic carbocycles. The van der Waals surface area contributed by atoms with E-state index >= 15 is 0 Å². The Kier molecular flexibility index (Phi) is 7.54. The van der Waals surface area contributed by atoms with Crippen molar-refractivity contribution in [2.45, 2.75) is 13.0 Å². The molecule has 5 nitrogen and oxygen atoms in total. The van der Waals surface area contributed by atoms with Crippen molar-refractivity contribution in [1.82, 2.24) is 5.43 Å². The van der Waals surface area contributed by atoms with Crippen LogP contribution in [0.1, 0.15) is 16.7 Å². The topological polar surface area (TPSA) is 59.9 Å². The first-order valence-corrected chi connectivity index (χ1v) is 11.4. The molecule has 0 saturated carbocycles. The second kappa shape index (κ2) is 10.9. The standard InChI is InChI=1S/C27H22BrFN2O3/c1-33-25-14-19(16-30-31-26(32)15-18-9-11-22(29)12-10-18)13-24(28)27(25)34-17-21-7-4-6-20-5-2-3-8-23(20)21/h2-14,16H,15,17H2,1H3,(H,31,32)/b30-16-. The first-order valence-electron chi connectivity index (χ1n) is 10.6. The summed E-state index contributed by atoms with van der Waals surface area (Å²) >= 11 is 3.55. The maximum atomic E-state index is 13.0. The van der Waals surface area contributed by atoms with E-state index in [4.69, 9.17) is 9.47 Å². The molecule has 34 heavy (non-hydrogen) atoms. The zero-order valence-electron chi connectivity index (χ0n) is 18.4. The molecule has 0 atom stereocenters. The molecule has 0 unspecified atom stereocenters. The zero-order chi connectivity index (χ0) is 23.9. The first kappa shape index (κ1) is 23.4. The number of fused-ring (bicyclic) bond motifs is 1. The number of hydrogen-bond donors (Lipinski definition) is 1. The monoisotopic (exact) mass is 520 g/mol. The summed E-state index contributed by atoms with van der Waals surface area (Å²) in [6.45, 7) is 0.378. The highest BCUT2D eigenvalue weighted by Crippen LogP contribution is 2.37. The van der Waals surface area contributed by atoms with Crippen LogP contribution in [0, 0.1) is 5.82 Å². The van der Waals surface area contributed by atoms with Gasteiger partial charge in [-0.05, 0) is 67.7 Å². The fourth-order valence-corrected chi connectivity index (χ4v) is 4.10. The van der Waals surface area contributed by atoms with Crippen molar-refractivity contribution in [2.75, 3.05) is 7.11 Å². The first-order chi connectivity index (χ1) is 16.5. The highest BCUT2D eigenvalue weighted by molar-refractivity contribution is 9.10. The molecule has 0 saturated heterocycles. The third-order valence-corrected chi connectivity index (χ3v) is 5.77. The van der Waals surface area contributed by atoms with Gasteiger partial charge >= 0.3 is 0 Å². The van der Waals surface area contributed by atoms with Crippen molar-refractivity contribution < 1.29 is 18.7 Å². The summed E-state index contributed by atoms with van der Waals surface area (Å²) in [7, 11) is 1.57. The second-order valence-corrected chi connectivity index (χ2v) is 8.41. The largest absolute Gasteiger partial charge is 0.493 e. The Balaban J connectivity index is 1.43. The lowest BCUT2D eigenvalue weighted by molar-refractivity contribution is -0.120. The highest BCUT2D eigenvalue weighted by atomic mass is 79.9. The Labute approximate surface area is 205 Å². The lowest BCUT2D eigenvalue weighted by Crippen LogP contribution is -2.19. The molecule has 1 N–H and O–H groups in total. The van der Waals surface area contributed by atoms with E-state index in [1.807, 2.05) is 30.3 Å². The minimum atomic E-state index is -0.341. The summed E-state index contributed by atoms with van der Waals surface area (Å²) in [6, 6.07) is 23.7. The van der Waals surface area contributed by atoms with E-state index in [-0.39, 0.29) is 18.1 Å². The van der Waals surface area contributed by atoms with Crippen LogP contribution in [0.5, 0.6) is 11.5 Å². The fraction of sp³-hybridized carbons (Fsp3) is 0.111. The number of benzene rings is 4. The van der Waals surface area contributed by atoms with Crippen LogP contribution in [0.25, 0.3) is 10.8 Å². The van der Waals surface area contributed by atoms with Gasteiger partial charge in [-0.15, -0.1) is 0 Å². The molecule has 0 aliphatic rings. The van der Waals surface area contributed by atoms with E-state index < -0.39 is 0 Å². The molecule has 172 valence electrons. The summed E-state index contributed by atoms with van der Waals surface area (Å²) < 4.78 is 25.3. The van der Waals surface area contributed by atoms with Crippen LogP contribution < -0.4 is 14.9 Å². The molecule has 7 heteroatoms. The van der Waals surface area contributed by atoms with Crippen LogP contribution >= 0.6 is 15.9 Å². The average molecular weight is 521 g/mol. The molecule has 0 heterocycles. The van der Waals surface area contributed by atoms with Gasteiger partial charge in [0.2, 0.25) is 5.91 Å². The normalized spacial score (nSPS) is 11.0. The van der Waals surface area contributed by atoms with Crippen molar-refractivity contribution in [2.24, 2.45) is 5.10 Å². The summed E-state index contributed by atoms with van der Waals surface area (Å²) in [5.41, 5.74) is 4.96. The number of hydrazone groups is 1. The molecule has 4 aromatic carbocycles.